The van der Waals surface area contributed by atoms with Gasteiger partial charge in [-0.2, -0.15) is 18.2 Å². The number of amides is 1. The topological polar surface area (TPSA) is 79.4 Å². The first kappa shape index (κ1) is 21.2. The van der Waals surface area contributed by atoms with E-state index in [-0.39, 0.29) is 29.9 Å². The highest BCUT2D eigenvalue weighted by Crippen LogP contribution is 2.54. The molecular weight excluding hydrogens is 411 g/mol. The smallest absolute Gasteiger partial charge is 0.421 e. The SMILES string of the molecule is CNc1nc(Nc2ccc3c(c2)C2CCC3N2C(=O)OC(C)(C)C)ncc1C(F)(F)F. The fraction of sp³-hybridized carbons (Fsp3) is 0.476. The van der Waals surface area contributed by atoms with Gasteiger partial charge < -0.3 is 15.4 Å². The molecule has 2 aliphatic heterocycles. The zero-order valence-electron chi connectivity index (χ0n) is 17.7. The Morgan fingerprint density at radius 2 is 1.84 bits per heavy atom. The van der Waals surface area contributed by atoms with Crippen molar-refractivity contribution in [3.63, 3.8) is 0 Å². The summed E-state index contributed by atoms with van der Waals surface area (Å²) in [5.41, 5.74) is 1.20. The third-order valence-electron chi connectivity index (χ3n) is 5.38. The number of carbonyl (C=O) groups is 1. The minimum atomic E-state index is -4.55. The van der Waals surface area contributed by atoms with Crippen LogP contribution in [0.2, 0.25) is 0 Å². The number of alkyl halides is 3. The largest absolute Gasteiger partial charge is 0.444 e. The first-order valence-electron chi connectivity index (χ1n) is 10.0. The Morgan fingerprint density at radius 3 is 2.45 bits per heavy atom. The Balaban J connectivity index is 1.57. The summed E-state index contributed by atoms with van der Waals surface area (Å²) in [6.07, 6.45) is -2.43. The van der Waals surface area contributed by atoms with Crippen molar-refractivity contribution >= 4 is 23.5 Å². The maximum atomic E-state index is 13.1. The van der Waals surface area contributed by atoms with Crippen LogP contribution in [-0.2, 0) is 10.9 Å². The Morgan fingerprint density at radius 1 is 1.16 bits per heavy atom. The van der Waals surface area contributed by atoms with Crippen molar-refractivity contribution in [2.45, 2.75) is 57.5 Å². The zero-order valence-corrected chi connectivity index (χ0v) is 17.7. The molecule has 2 bridgehead atoms. The van der Waals surface area contributed by atoms with E-state index >= 15 is 0 Å². The van der Waals surface area contributed by atoms with E-state index in [1.807, 2.05) is 39.0 Å². The van der Waals surface area contributed by atoms with E-state index in [1.165, 1.54) is 7.05 Å². The van der Waals surface area contributed by atoms with Crippen molar-refractivity contribution in [1.82, 2.24) is 14.9 Å². The van der Waals surface area contributed by atoms with Gasteiger partial charge in [0.25, 0.3) is 0 Å². The highest BCUT2D eigenvalue weighted by molar-refractivity contribution is 5.73. The summed E-state index contributed by atoms with van der Waals surface area (Å²) in [7, 11) is 1.37. The van der Waals surface area contributed by atoms with Gasteiger partial charge in [0.05, 0.1) is 12.1 Å². The molecular formula is C21H24F3N5O2. The first-order chi connectivity index (χ1) is 14.5. The number of rotatable bonds is 3. The molecule has 1 fully saturated rings. The molecule has 4 rings (SSSR count). The zero-order chi connectivity index (χ0) is 22.6. The lowest BCUT2D eigenvalue weighted by atomic mass is 9.91. The van der Waals surface area contributed by atoms with Gasteiger partial charge >= 0.3 is 12.3 Å². The quantitative estimate of drug-likeness (QED) is 0.671. The second-order valence-electron chi connectivity index (χ2n) is 8.67. The molecule has 10 heteroatoms. The number of benzene rings is 1. The predicted octanol–water partition coefficient (Wildman–Crippen LogP) is 5.41. The van der Waals surface area contributed by atoms with Crippen LogP contribution >= 0.6 is 0 Å². The minimum Gasteiger partial charge on any atom is -0.444 e. The molecule has 1 amide bonds. The third kappa shape index (κ3) is 3.98. The van der Waals surface area contributed by atoms with Crippen LogP contribution in [0.5, 0.6) is 0 Å². The number of fused-ring (bicyclic) bond motifs is 5. The van der Waals surface area contributed by atoms with E-state index in [9.17, 15) is 18.0 Å². The molecule has 166 valence electrons. The highest BCUT2D eigenvalue weighted by atomic mass is 19.4. The summed E-state index contributed by atoms with van der Waals surface area (Å²) in [6.45, 7) is 5.50. The van der Waals surface area contributed by atoms with Crippen molar-refractivity contribution in [2.24, 2.45) is 0 Å². The Kier molecular flexibility index (Phi) is 4.98. The molecule has 0 spiro atoms. The summed E-state index contributed by atoms with van der Waals surface area (Å²) >= 11 is 0. The fourth-order valence-electron chi connectivity index (χ4n) is 4.20. The van der Waals surface area contributed by atoms with Gasteiger partial charge in [-0.15, -0.1) is 0 Å². The molecule has 1 saturated heterocycles. The lowest BCUT2D eigenvalue weighted by molar-refractivity contribution is -0.137. The van der Waals surface area contributed by atoms with Gasteiger partial charge in [0.15, 0.2) is 0 Å². The van der Waals surface area contributed by atoms with Crippen molar-refractivity contribution in [2.75, 3.05) is 17.7 Å². The molecule has 2 aliphatic rings. The molecule has 2 N–H and O–H groups in total. The van der Waals surface area contributed by atoms with Gasteiger partial charge in [0.1, 0.15) is 17.0 Å². The van der Waals surface area contributed by atoms with Gasteiger partial charge in [0, 0.05) is 18.9 Å². The van der Waals surface area contributed by atoms with Crippen LogP contribution in [0.3, 0.4) is 0 Å². The molecule has 0 radical (unpaired) electrons. The van der Waals surface area contributed by atoms with Crippen molar-refractivity contribution < 1.29 is 22.7 Å². The normalized spacial score (nSPS) is 19.9. The van der Waals surface area contributed by atoms with Crippen molar-refractivity contribution in [3.8, 4) is 0 Å². The number of aromatic nitrogens is 2. The number of nitrogens with one attached hydrogen (secondary N) is 2. The first-order valence-corrected chi connectivity index (χ1v) is 10.0. The predicted molar refractivity (Wildman–Crippen MR) is 109 cm³/mol. The molecule has 3 heterocycles. The van der Waals surface area contributed by atoms with E-state index in [2.05, 4.69) is 20.6 Å². The summed E-state index contributed by atoms with van der Waals surface area (Å²) in [6, 6.07) is 5.53. The highest BCUT2D eigenvalue weighted by Gasteiger charge is 2.48. The molecule has 0 saturated carbocycles. The summed E-state index contributed by atoms with van der Waals surface area (Å²) in [4.78, 5) is 22.3. The van der Waals surface area contributed by atoms with E-state index in [1.54, 1.807) is 4.90 Å². The van der Waals surface area contributed by atoms with Crippen molar-refractivity contribution in [3.05, 3.63) is 41.1 Å². The van der Waals surface area contributed by atoms with Crippen LogP contribution in [0.4, 0.5) is 35.4 Å². The fourth-order valence-corrected chi connectivity index (χ4v) is 4.20. The van der Waals surface area contributed by atoms with E-state index < -0.39 is 17.3 Å². The van der Waals surface area contributed by atoms with Crippen LogP contribution in [0.15, 0.2) is 24.4 Å². The van der Waals surface area contributed by atoms with Crippen LogP contribution in [-0.4, -0.2) is 33.6 Å². The number of hydrogen-bond acceptors (Lipinski definition) is 6. The lowest BCUT2D eigenvalue weighted by Crippen LogP contribution is -2.34. The van der Waals surface area contributed by atoms with Crippen LogP contribution in [0.25, 0.3) is 0 Å². The Labute approximate surface area is 178 Å². The average molecular weight is 435 g/mol. The number of hydrogen-bond donors (Lipinski definition) is 2. The second-order valence-corrected chi connectivity index (χ2v) is 8.67. The van der Waals surface area contributed by atoms with Gasteiger partial charge in [-0.05, 0) is 56.9 Å². The lowest BCUT2D eigenvalue weighted by Gasteiger charge is -2.27. The Bertz CT molecular complexity index is 1020. The number of anilines is 3. The van der Waals surface area contributed by atoms with E-state index in [0.717, 1.165) is 30.2 Å². The molecule has 1 aromatic carbocycles. The van der Waals surface area contributed by atoms with Gasteiger partial charge in [-0.1, -0.05) is 6.07 Å². The van der Waals surface area contributed by atoms with Gasteiger partial charge in [-0.25, -0.2) is 9.78 Å². The average Bonchev–Trinajstić information content (AvgIpc) is 3.22. The van der Waals surface area contributed by atoms with Gasteiger partial charge in [-0.3, -0.25) is 4.90 Å². The molecule has 7 nitrogen and oxygen atoms in total. The standard InChI is InChI=1S/C21H24F3N5O2/c1-20(2,3)31-19(30)29-15-7-8-16(29)13-9-11(5-6-12(13)15)27-18-26-10-14(21(22,23)24)17(25-4)28-18/h5-6,9-10,15-16H,7-8H2,1-4H3,(H2,25,26,27,28). The number of carbonyl (C=O) groups excluding carboxylic acids is 1. The second kappa shape index (κ2) is 7.28. The summed E-state index contributed by atoms with van der Waals surface area (Å²) in [5, 5.41) is 5.42. The molecule has 2 unspecified atom stereocenters. The molecule has 1 aromatic heterocycles. The summed E-state index contributed by atoms with van der Waals surface area (Å²) in [5.74, 6) is -0.259. The Hall–Kier alpha value is -3.04. The summed E-state index contributed by atoms with van der Waals surface area (Å²) < 4.78 is 44.7. The number of halogens is 3. The molecule has 0 aliphatic carbocycles. The van der Waals surface area contributed by atoms with Crippen LogP contribution < -0.4 is 10.6 Å². The molecule has 2 atom stereocenters. The molecule has 2 aromatic rings. The maximum Gasteiger partial charge on any atom is 0.421 e. The van der Waals surface area contributed by atoms with E-state index in [0.29, 0.717) is 5.69 Å². The number of ether oxygens (including phenoxy) is 1. The van der Waals surface area contributed by atoms with Crippen LogP contribution in [0.1, 0.15) is 62.4 Å². The maximum absolute atomic E-state index is 13.1. The van der Waals surface area contributed by atoms with Crippen LogP contribution in [0, 0.1) is 0 Å². The molecule has 31 heavy (non-hydrogen) atoms. The third-order valence-corrected chi connectivity index (χ3v) is 5.38. The van der Waals surface area contributed by atoms with Crippen molar-refractivity contribution in [1.29, 1.82) is 0 Å². The number of nitrogens with zero attached hydrogens (tertiary/aromatic N) is 3. The van der Waals surface area contributed by atoms with E-state index in [4.69, 9.17) is 4.74 Å². The minimum absolute atomic E-state index is 0.0258. The van der Waals surface area contributed by atoms with Gasteiger partial charge in [0.2, 0.25) is 5.95 Å². The monoisotopic (exact) mass is 435 g/mol.